The van der Waals surface area contributed by atoms with E-state index in [2.05, 4.69) is 26.6 Å². The smallest absolute Gasteiger partial charge is 0.410 e. The maximum atomic E-state index is 14.6. The van der Waals surface area contributed by atoms with Crippen molar-refractivity contribution in [2.45, 2.75) is 69.1 Å². The van der Waals surface area contributed by atoms with Crippen LogP contribution in [0.25, 0.3) is 0 Å². The van der Waals surface area contributed by atoms with E-state index in [0.717, 1.165) is 4.47 Å². The number of carbonyl (C=O) groups excluding carboxylic acids is 3. The number of rotatable bonds is 4. The molecule has 2 saturated heterocycles. The zero-order valence-electron chi connectivity index (χ0n) is 25.2. The lowest BCUT2D eigenvalue weighted by molar-refractivity contribution is -0.131. The molecule has 3 amide bonds. The predicted molar refractivity (Wildman–Crippen MR) is 172 cm³/mol. The largest absolute Gasteiger partial charge is 0.490 e. The summed E-state index contributed by atoms with van der Waals surface area (Å²) in [5.41, 5.74) is 0.417. The van der Waals surface area contributed by atoms with E-state index in [0.29, 0.717) is 59.1 Å². The maximum Gasteiger partial charge on any atom is 0.410 e. The van der Waals surface area contributed by atoms with Crippen LogP contribution in [-0.2, 0) is 19.7 Å². The van der Waals surface area contributed by atoms with Crippen LogP contribution in [0.3, 0.4) is 0 Å². The Morgan fingerprint density at radius 3 is 2.53 bits per heavy atom. The fourth-order valence-electron chi connectivity index (χ4n) is 6.79. The predicted octanol–water partition coefficient (Wildman–Crippen LogP) is 7.25. The molecule has 11 heteroatoms. The molecule has 3 heterocycles. The first-order valence-corrected chi connectivity index (χ1v) is 16.1. The Balaban J connectivity index is 1.40. The number of hydrogen-bond acceptors (Lipinski definition) is 5. The summed E-state index contributed by atoms with van der Waals surface area (Å²) in [6.07, 6.45) is 0.595. The Labute approximate surface area is 274 Å². The summed E-state index contributed by atoms with van der Waals surface area (Å²) in [5.74, 6) is -1.21. The van der Waals surface area contributed by atoms with Gasteiger partial charge in [-0.15, -0.1) is 0 Å². The second-order valence-corrected chi connectivity index (χ2v) is 14.1. The van der Waals surface area contributed by atoms with E-state index in [4.69, 9.17) is 21.1 Å². The van der Waals surface area contributed by atoms with E-state index in [1.165, 1.54) is 12.1 Å². The lowest BCUT2D eigenvalue weighted by Crippen LogP contribution is -2.57. The molecule has 6 rings (SSSR count). The molecule has 3 atom stereocenters. The number of piperidine rings is 2. The number of anilines is 1. The Morgan fingerprint density at radius 1 is 1.07 bits per heavy atom. The molecule has 0 aliphatic carbocycles. The van der Waals surface area contributed by atoms with E-state index in [9.17, 15) is 18.8 Å². The van der Waals surface area contributed by atoms with E-state index in [-0.39, 0.29) is 30.4 Å². The lowest BCUT2D eigenvalue weighted by Gasteiger charge is -2.46. The molecule has 2 unspecified atom stereocenters. The van der Waals surface area contributed by atoms with Crippen LogP contribution in [0, 0.1) is 5.82 Å². The summed E-state index contributed by atoms with van der Waals surface area (Å²) in [6, 6.07) is 15.9. The number of nitrogens with zero attached hydrogens (tertiary/aromatic N) is 1. The van der Waals surface area contributed by atoms with Gasteiger partial charge in [-0.05, 0) is 74.4 Å². The number of halogens is 3. The molecule has 0 radical (unpaired) electrons. The van der Waals surface area contributed by atoms with Crippen molar-refractivity contribution >= 4 is 51.1 Å². The zero-order chi connectivity index (χ0) is 32.1. The van der Waals surface area contributed by atoms with E-state index >= 15 is 0 Å². The van der Waals surface area contributed by atoms with Crippen molar-refractivity contribution in [1.82, 2.24) is 10.2 Å². The van der Waals surface area contributed by atoms with Crippen LogP contribution in [0.1, 0.15) is 68.7 Å². The van der Waals surface area contributed by atoms with Crippen molar-refractivity contribution in [3.05, 3.63) is 92.7 Å². The number of benzene rings is 3. The Morgan fingerprint density at radius 2 is 1.82 bits per heavy atom. The van der Waals surface area contributed by atoms with Crippen molar-refractivity contribution in [1.29, 1.82) is 0 Å². The summed E-state index contributed by atoms with van der Waals surface area (Å²) >= 11 is 9.93. The molecule has 45 heavy (non-hydrogen) atoms. The molecule has 8 nitrogen and oxygen atoms in total. The molecular formula is C34H34BrClFN3O5. The van der Waals surface area contributed by atoms with Gasteiger partial charge in [-0.25, -0.2) is 9.18 Å². The summed E-state index contributed by atoms with van der Waals surface area (Å²) in [5, 5.41) is 6.48. The second kappa shape index (κ2) is 11.9. The number of fused-ring (bicyclic) bond motifs is 2. The molecule has 2 fully saturated rings. The van der Waals surface area contributed by atoms with Gasteiger partial charge in [0.2, 0.25) is 11.8 Å². The molecule has 3 aliphatic heterocycles. The Hall–Kier alpha value is -3.63. The van der Waals surface area contributed by atoms with Gasteiger partial charge in [0.05, 0.1) is 6.04 Å². The molecule has 0 aromatic heterocycles. The summed E-state index contributed by atoms with van der Waals surface area (Å²) in [6.45, 7) is 6.46. The summed E-state index contributed by atoms with van der Waals surface area (Å²) in [4.78, 5) is 42.1. The first kappa shape index (κ1) is 31.4. The highest BCUT2D eigenvalue weighted by Crippen LogP contribution is 2.59. The van der Waals surface area contributed by atoms with Gasteiger partial charge in [-0.1, -0.05) is 45.7 Å². The molecule has 0 bridgehead atoms. The van der Waals surface area contributed by atoms with Crippen LogP contribution in [0.4, 0.5) is 14.9 Å². The topological polar surface area (TPSA) is 97.0 Å². The second-order valence-electron chi connectivity index (χ2n) is 12.8. The summed E-state index contributed by atoms with van der Waals surface area (Å²) in [7, 11) is 0. The average molecular weight is 699 g/mol. The third-order valence-electron chi connectivity index (χ3n) is 8.67. The SMILES string of the molecule is CC(C)(C)OC(=O)N1CCC(Oc2ccc(Br)cc2C2CC(=O)N[C@@H](c3cccc(F)c3)C23C(=O)Nc2cc(Cl)ccc23)CC1. The third-order valence-corrected chi connectivity index (χ3v) is 9.40. The number of hydrogen-bond donors (Lipinski definition) is 2. The van der Waals surface area contributed by atoms with Gasteiger partial charge in [0.1, 0.15) is 28.7 Å². The maximum absolute atomic E-state index is 14.6. The minimum Gasteiger partial charge on any atom is -0.490 e. The minimum atomic E-state index is -1.35. The molecule has 3 aromatic carbocycles. The molecule has 1 spiro atoms. The van der Waals surface area contributed by atoms with Crippen molar-refractivity contribution in [3.63, 3.8) is 0 Å². The number of ether oxygens (including phenoxy) is 2. The van der Waals surface area contributed by atoms with Gasteiger partial charge >= 0.3 is 6.09 Å². The van der Waals surface area contributed by atoms with Crippen LogP contribution in [-0.4, -0.2) is 47.6 Å². The van der Waals surface area contributed by atoms with Crippen LogP contribution in [0.15, 0.2) is 65.1 Å². The molecule has 0 saturated carbocycles. The van der Waals surface area contributed by atoms with E-state index in [1.54, 1.807) is 35.2 Å². The van der Waals surface area contributed by atoms with Gasteiger partial charge in [-0.2, -0.15) is 0 Å². The van der Waals surface area contributed by atoms with Gasteiger partial charge < -0.3 is 25.0 Å². The first-order valence-electron chi connectivity index (χ1n) is 15.0. The normalized spacial score (nSPS) is 23.4. The minimum absolute atomic E-state index is 0.00873. The molecular weight excluding hydrogens is 665 g/mol. The Bertz CT molecular complexity index is 1670. The highest BCUT2D eigenvalue weighted by atomic mass is 79.9. The number of nitrogens with one attached hydrogen (secondary N) is 2. The van der Waals surface area contributed by atoms with Gasteiger partial charge in [0.25, 0.3) is 0 Å². The Kier molecular flexibility index (Phi) is 8.33. The third kappa shape index (κ3) is 6.02. The van der Waals surface area contributed by atoms with Crippen molar-refractivity contribution in [2.24, 2.45) is 0 Å². The number of likely N-dealkylation sites (tertiary alicyclic amines) is 1. The highest BCUT2D eigenvalue weighted by molar-refractivity contribution is 9.10. The quantitative estimate of drug-likeness (QED) is 0.299. The van der Waals surface area contributed by atoms with Crippen molar-refractivity contribution in [3.8, 4) is 5.75 Å². The highest BCUT2D eigenvalue weighted by Gasteiger charge is 2.61. The summed E-state index contributed by atoms with van der Waals surface area (Å²) < 4.78 is 27.5. The van der Waals surface area contributed by atoms with E-state index in [1.807, 2.05) is 39.0 Å². The van der Waals surface area contributed by atoms with Crippen molar-refractivity contribution < 1.29 is 28.2 Å². The number of amides is 3. The molecule has 3 aliphatic rings. The van der Waals surface area contributed by atoms with Crippen LogP contribution >= 0.6 is 27.5 Å². The van der Waals surface area contributed by atoms with Crippen LogP contribution < -0.4 is 15.4 Å². The molecule has 3 aromatic rings. The monoisotopic (exact) mass is 697 g/mol. The van der Waals surface area contributed by atoms with Crippen LogP contribution in [0.2, 0.25) is 5.02 Å². The fraction of sp³-hybridized carbons (Fsp3) is 0.382. The first-order chi connectivity index (χ1) is 21.3. The van der Waals surface area contributed by atoms with Gasteiger partial charge in [0.15, 0.2) is 0 Å². The fourth-order valence-corrected chi connectivity index (χ4v) is 7.34. The van der Waals surface area contributed by atoms with Crippen LogP contribution in [0.5, 0.6) is 5.75 Å². The lowest BCUT2D eigenvalue weighted by atomic mass is 9.59. The zero-order valence-corrected chi connectivity index (χ0v) is 27.5. The molecule has 236 valence electrons. The number of carbonyl (C=O) groups is 3. The molecule has 2 N–H and O–H groups in total. The van der Waals surface area contributed by atoms with Gasteiger partial charge in [0, 0.05) is 59.0 Å². The van der Waals surface area contributed by atoms with Gasteiger partial charge in [-0.3, -0.25) is 9.59 Å². The standard InChI is InChI=1S/C34H34BrClFN3O5/c1-33(2,3)45-32(43)40-13-11-23(12-14-40)44-28-10-7-20(35)16-24(28)26-18-29(41)39-30(19-5-4-6-22(37)15-19)34(26)25-9-8-21(36)17-27(25)38-31(34)42/h4-10,15-17,23,26,30H,11-14,18H2,1-3H3,(H,38,42)(H,39,41)/t26?,30-,34?/m0/s1. The van der Waals surface area contributed by atoms with Crippen molar-refractivity contribution in [2.75, 3.05) is 18.4 Å². The van der Waals surface area contributed by atoms with E-state index < -0.39 is 28.8 Å². The average Bonchev–Trinajstić information content (AvgIpc) is 3.25.